The molecule has 3 rings (SSSR count). The van der Waals surface area contributed by atoms with E-state index in [2.05, 4.69) is 23.3 Å². The number of hydrogen-bond acceptors (Lipinski definition) is 3. The highest BCUT2D eigenvalue weighted by molar-refractivity contribution is 6.32. The molecule has 3 aromatic rings. The van der Waals surface area contributed by atoms with Gasteiger partial charge < -0.3 is 10.1 Å². The summed E-state index contributed by atoms with van der Waals surface area (Å²) >= 11 is 12.5. The largest absolute Gasteiger partial charge is 0.495 e. The van der Waals surface area contributed by atoms with E-state index in [0.717, 1.165) is 40.9 Å². The Bertz CT molecular complexity index is 1100. The maximum Gasteiger partial charge on any atom is 0.139 e. The Morgan fingerprint density at radius 3 is 2.71 bits per heavy atom. The number of methoxy groups -OCH3 is 1. The number of amidine groups is 1. The van der Waals surface area contributed by atoms with Crippen molar-refractivity contribution in [3.63, 3.8) is 0 Å². The van der Waals surface area contributed by atoms with Crippen molar-refractivity contribution >= 4 is 40.4 Å². The van der Waals surface area contributed by atoms with Gasteiger partial charge in [0.2, 0.25) is 0 Å². The molecule has 0 aliphatic carbocycles. The molecule has 0 fully saturated rings. The number of nitrogens with zero attached hydrogens (tertiary/aromatic N) is 2. The molecule has 160 valence electrons. The van der Waals surface area contributed by atoms with Gasteiger partial charge in [-0.15, -0.1) is 0 Å². The van der Waals surface area contributed by atoms with Crippen molar-refractivity contribution in [2.24, 2.45) is 4.99 Å². The molecular weight excluding hydrogens is 429 g/mol. The van der Waals surface area contributed by atoms with Gasteiger partial charge in [-0.05, 0) is 55.3 Å². The second kappa shape index (κ2) is 11.0. The third-order valence-corrected chi connectivity index (χ3v) is 5.23. The molecule has 1 heterocycles. The Balaban J connectivity index is 2.13. The van der Waals surface area contributed by atoms with E-state index < -0.39 is 0 Å². The number of benzene rings is 2. The highest BCUT2D eigenvalue weighted by atomic mass is 35.5. The number of aryl methyl sites for hydroxylation is 1. The molecule has 0 amide bonds. The van der Waals surface area contributed by atoms with Crippen LogP contribution in [0.2, 0.25) is 10.0 Å². The van der Waals surface area contributed by atoms with Gasteiger partial charge in [0.05, 0.1) is 17.8 Å². The Morgan fingerprint density at radius 2 is 2.00 bits per heavy atom. The van der Waals surface area contributed by atoms with Crippen LogP contribution in [0.15, 0.2) is 72.0 Å². The van der Waals surface area contributed by atoms with Crippen molar-refractivity contribution in [3.05, 3.63) is 93.7 Å². The molecule has 2 aromatic carbocycles. The summed E-state index contributed by atoms with van der Waals surface area (Å²) < 4.78 is 5.37. The lowest BCUT2D eigenvalue weighted by Crippen LogP contribution is -2.15. The molecule has 0 aliphatic heterocycles. The molecule has 0 saturated carbocycles. The number of aliphatic imine (C=N–C) groups is 1. The summed E-state index contributed by atoms with van der Waals surface area (Å²) in [5.74, 6) is 1.26. The van der Waals surface area contributed by atoms with Crippen molar-refractivity contribution < 1.29 is 4.74 Å². The summed E-state index contributed by atoms with van der Waals surface area (Å²) in [4.78, 5) is 9.28. The molecule has 0 unspecified atom stereocenters. The lowest BCUT2D eigenvalue weighted by Gasteiger charge is -2.15. The van der Waals surface area contributed by atoms with Crippen molar-refractivity contribution in [1.82, 2.24) is 4.98 Å². The van der Waals surface area contributed by atoms with Gasteiger partial charge in [-0.1, -0.05) is 48.7 Å². The number of ether oxygens (including phenoxy) is 1. The third kappa shape index (κ3) is 6.09. The Morgan fingerprint density at radius 1 is 1.16 bits per heavy atom. The summed E-state index contributed by atoms with van der Waals surface area (Å²) in [6, 6.07) is 15.2. The molecular formula is C25H25Cl2N3O. The minimum Gasteiger partial charge on any atom is -0.495 e. The highest BCUT2D eigenvalue weighted by Gasteiger charge is 2.12. The molecule has 31 heavy (non-hydrogen) atoms. The summed E-state index contributed by atoms with van der Waals surface area (Å²) in [5, 5.41) is 4.62. The zero-order chi connectivity index (χ0) is 22.2. The van der Waals surface area contributed by atoms with Crippen LogP contribution in [0.3, 0.4) is 0 Å². The lowest BCUT2D eigenvalue weighted by molar-refractivity contribution is 0.415. The fourth-order valence-corrected chi connectivity index (χ4v) is 3.39. The van der Waals surface area contributed by atoms with E-state index in [4.69, 9.17) is 32.9 Å². The predicted octanol–water partition coefficient (Wildman–Crippen LogP) is 7.41. The summed E-state index contributed by atoms with van der Waals surface area (Å²) in [6.45, 7) is 4.17. The minimum atomic E-state index is 0.546. The van der Waals surface area contributed by atoms with Crippen LogP contribution in [0.4, 0.5) is 5.69 Å². The van der Waals surface area contributed by atoms with Crippen LogP contribution in [0.25, 0.3) is 5.70 Å². The Labute approximate surface area is 193 Å². The quantitative estimate of drug-likeness (QED) is 0.299. The van der Waals surface area contributed by atoms with Gasteiger partial charge in [0, 0.05) is 40.3 Å². The first-order chi connectivity index (χ1) is 15.0. The number of allylic oxidation sites excluding steroid dienone is 1. The van der Waals surface area contributed by atoms with Crippen molar-refractivity contribution in [3.8, 4) is 5.75 Å². The number of pyridine rings is 1. The van der Waals surface area contributed by atoms with Gasteiger partial charge in [0.25, 0.3) is 0 Å². The SMILES string of the molecule is CCC/C=C(/N=C(Nc1ccc(Cl)c(OC)c1)c1cc(Cl)ccc1C)c1cccnc1. The van der Waals surface area contributed by atoms with Gasteiger partial charge in [-0.25, -0.2) is 4.99 Å². The number of halogens is 2. The zero-order valence-electron chi connectivity index (χ0n) is 17.8. The first-order valence-corrected chi connectivity index (χ1v) is 10.8. The smallest absolute Gasteiger partial charge is 0.139 e. The standard InChI is InChI=1S/C25H25Cl2N3O/c1-4-5-8-23(18-7-6-13-28-16-18)30-25(21-14-19(26)10-9-17(21)2)29-20-11-12-22(27)24(15-20)31-3/h6-16H,4-5H2,1-3H3,(H,29,30)/b23-8+. The normalized spacial score (nSPS) is 12.0. The molecule has 1 N–H and O–H groups in total. The Kier molecular flexibility index (Phi) is 8.10. The van der Waals surface area contributed by atoms with Crippen LogP contribution < -0.4 is 10.1 Å². The average Bonchev–Trinajstić information content (AvgIpc) is 2.79. The van der Waals surface area contributed by atoms with E-state index in [0.29, 0.717) is 21.6 Å². The van der Waals surface area contributed by atoms with Crippen LogP contribution in [0.1, 0.15) is 36.5 Å². The molecule has 0 spiro atoms. The maximum absolute atomic E-state index is 6.32. The fourth-order valence-electron chi connectivity index (χ4n) is 3.02. The first kappa shape index (κ1) is 22.9. The first-order valence-electron chi connectivity index (χ1n) is 10.1. The van der Waals surface area contributed by atoms with Crippen LogP contribution in [-0.2, 0) is 0 Å². The zero-order valence-corrected chi connectivity index (χ0v) is 19.3. The van der Waals surface area contributed by atoms with Crippen LogP contribution in [0, 0.1) is 6.92 Å². The van der Waals surface area contributed by atoms with E-state index in [-0.39, 0.29) is 0 Å². The van der Waals surface area contributed by atoms with Crippen molar-refractivity contribution in [1.29, 1.82) is 0 Å². The Hall–Kier alpha value is -2.82. The van der Waals surface area contributed by atoms with E-state index in [1.807, 2.05) is 55.6 Å². The molecule has 4 nitrogen and oxygen atoms in total. The third-order valence-electron chi connectivity index (χ3n) is 4.68. The topological polar surface area (TPSA) is 46.5 Å². The van der Waals surface area contributed by atoms with Gasteiger partial charge in [-0.3, -0.25) is 4.98 Å². The van der Waals surface area contributed by atoms with E-state index in [1.54, 1.807) is 19.4 Å². The van der Waals surface area contributed by atoms with Gasteiger partial charge in [0.1, 0.15) is 11.6 Å². The maximum atomic E-state index is 6.32. The lowest BCUT2D eigenvalue weighted by atomic mass is 10.1. The van der Waals surface area contributed by atoms with Crippen LogP contribution >= 0.6 is 23.2 Å². The van der Waals surface area contributed by atoms with E-state index in [1.165, 1.54) is 0 Å². The van der Waals surface area contributed by atoms with Crippen molar-refractivity contribution in [2.75, 3.05) is 12.4 Å². The van der Waals surface area contributed by atoms with E-state index >= 15 is 0 Å². The summed E-state index contributed by atoms with van der Waals surface area (Å²) in [7, 11) is 1.59. The average molecular weight is 454 g/mol. The molecule has 0 radical (unpaired) electrons. The number of rotatable bonds is 7. The molecule has 1 aromatic heterocycles. The van der Waals surface area contributed by atoms with Crippen molar-refractivity contribution in [2.45, 2.75) is 26.7 Å². The predicted molar refractivity (Wildman–Crippen MR) is 131 cm³/mol. The van der Waals surface area contributed by atoms with Gasteiger partial charge >= 0.3 is 0 Å². The van der Waals surface area contributed by atoms with Crippen LogP contribution in [0.5, 0.6) is 5.75 Å². The summed E-state index contributed by atoms with van der Waals surface area (Å²) in [6.07, 6.45) is 7.63. The van der Waals surface area contributed by atoms with Crippen LogP contribution in [-0.4, -0.2) is 17.9 Å². The van der Waals surface area contributed by atoms with Gasteiger partial charge in [0.15, 0.2) is 0 Å². The molecule has 0 saturated heterocycles. The molecule has 0 bridgehead atoms. The second-order valence-corrected chi connectivity index (χ2v) is 7.86. The number of aromatic nitrogens is 1. The number of unbranched alkanes of at least 4 members (excludes halogenated alkanes) is 1. The van der Waals surface area contributed by atoms with E-state index in [9.17, 15) is 0 Å². The minimum absolute atomic E-state index is 0.546. The monoisotopic (exact) mass is 453 g/mol. The molecule has 0 aliphatic rings. The summed E-state index contributed by atoms with van der Waals surface area (Å²) in [5.41, 5.74) is 4.56. The highest BCUT2D eigenvalue weighted by Crippen LogP contribution is 2.29. The number of nitrogens with one attached hydrogen (secondary N) is 1. The van der Waals surface area contributed by atoms with Gasteiger partial charge in [-0.2, -0.15) is 0 Å². The molecule has 6 heteroatoms. The second-order valence-electron chi connectivity index (χ2n) is 7.01. The number of anilines is 1. The molecule has 0 atom stereocenters. The number of hydrogen-bond donors (Lipinski definition) is 1. The fraction of sp³-hybridized carbons (Fsp3) is 0.200.